The standard InChI is InChI=1S/C17H25N3O4S2/c21-26(22,15-9-18-16(25-15)13-1-2-13)20-5-8-24-17(12-20)10-19(11-17)14-3-6-23-7-4-14/h9,13-14H,1-8,10-12H2. The van der Waals surface area contributed by atoms with Gasteiger partial charge in [0.2, 0.25) is 0 Å². The smallest absolute Gasteiger partial charge is 0.254 e. The zero-order valence-corrected chi connectivity index (χ0v) is 16.4. The van der Waals surface area contributed by atoms with Gasteiger partial charge in [0, 0.05) is 51.4 Å². The molecule has 1 aromatic heterocycles. The van der Waals surface area contributed by atoms with Crippen LogP contribution in [0.4, 0.5) is 0 Å². The van der Waals surface area contributed by atoms with E-state index in [1.807, 2.05) is 0 Å². The summed E-state index contributed by atoms with van der Waals surface area (Å²) in [6.45, 7) is 4.63. The van der Waals surface area contributed by atoms with E-state index in [2.05, 4.69) is 9.88 Å². The topological polar surface area (TPSA) is 72.0 Å². The van der Waals surface area contributed by atoms with Crippen molar-refractivity contribution in [1.29, 1.82) is 0 Å². The Morgan fingerprint density at radius 1 is 1.12 bits per heavy atom. The second-order valence-electron chi connectivity index (χ2n) is 7.91. The maximum Gasteiger partial charge on any atom is 0.254 e. The number of hydrogen-bond acceptors (Lipinski definition) is 7. The number of nitrogens with zero attached hydrogens (tertiary/aromatic N) is 3. The average Bonchev–Trinajstić information content (AvgIpc) is 3.36. The molecule has 3 aliphatic heterocycles. The van der Waals surface area contributed by atoms with Crippen molar-refractivity contribution in [3.63, 3.8) is 0 Å². The third kappa shape index (κ3) is 3.12. The number of thiazole rings is 1. The Morgan fingerprint density at radius 3 is 2.62 bits per heavy atom. The molecular formula is C17H25N3O4S2. The monoisotopic (exact) mass is 399 g/mol. The van der Waals surface area contributed by atoms with Crippen molar-refractivity contribution >= 4 is 21.4 Å². The van der Waals surface area contributed by atoms with Crippen LogP contribution in [0.1, 0.15) is 36.6 Å². The molecule has 4 fully saturated rings. The van der Waals surface area contributed by atoms with Crippen molar-refractivity contribution in [1.82, 2.24) is 14.2 Å². The number of morpholine rings is 1. The summed E-state index contributed by atoms with van der Waals surface area (Å²) in [5, 5.41) is 0.973. The molecule has 4 aliphatic rings. The molecule has 1 aromatic rings. The summed E-state index contributed by atoms with van der Waals surface area (Å²) >= 11 is 1.35. The van der Waals surface area contributed by atoms with Crippen molar-refractivity contribution in [3.05, 3.63) is 11.2 Å². The summed E-state index contributed by atoms with van der Waals surface area (Å²) in [6.07, 6.45) is 5.93. The van der Waals surface area contributed by atoms with Crippen molar-refractivity contribution < 1.29 is 17.9 Å². The average molecular weight is 400 g/mol. The number of rotatable bonds is 4. The highest BCUT2D eigenvalue weighted by Gasteiger charge is 2.51. The first kappa shape index (κ1) is 17.5. The Morgan fingerprint density at radius 2 is 1.88 bits per heavy atom. The van der Waals surface area contributed by atoms with E-state index in [-0.39, 0.29) is 5.60 Å². The zero-order chi connectivity index (χ0) is 17.8. The van der Waals surface area contributed by atoms with Crippen molar-refractivity contribution in [3.8, 4) is 0 Å². The molecule has 0 atom stereocenters. The quantitative estimate of drug-likeness (QED) is 0.759. The highest BCUT2D eigenvalue weighted by atomic mass is 32.2. The Hall–Kier alpha value is -0.580. The first-order valence-corrected chi connectivity index (χ1v) is 11.7. The van der Waals surface area contributed by atoms with Gasteiger partial charge in [-0.25, -0.2) is 13.4 Å². The van der Waals surface area contributed by atoms with Crippen LogP contribution in [0.15, 0.2) is 10.4 Å². The zero-order valence-electron chi connectivity index (χ0n) is 14.8. The normalized spacial score (nSPS) is 28.3. The van der Waals surface area contributed by atoms with Crippen LogP contribution in [0.3, 0.4) is 0 Å². The van der Waals surface area contributed by atoms with E-state index in [1.54, 1.807) is 10.5 Å². The second-order valence-corrected chi connectivity index (χ2v) is 11.1. The predicted molar refractivity (Wildman–Crippen MR) is 96.9 cm³/mol. The second kappa shape index (κ2) is 6.49. The van der Waals surface area contributed by atoms with Gasteiger partial charge in [0.25, 0.3) is 10.0 Å². The van der Waals surface area contributed by atoms with Crippen LogP contribution in [0.25, 0.3) is 0 Å². The molecule has 7 nitrogen and oxygen atoms in total. The Balaban J connectivity index is 1.26. The molecule has 0 unspecified atom stereocenters. The minimum atomic E-state index is -3.47. The Bertz CT molecular complexity index is 765. The van der Waals surface area contributed by atoms with Crippen molar-refractivity contribution in [2.24, 2.45) is 0 Å². The highest BCUT2D eigenvalue weighted by Crippen LogP contribution is 2.43. The van der Waals surface area contributed by atoms with Gasteiger partial charge in [-0.1, -0.05) is 0 Å². The molecule has 0 N–H and O–H groups in total. The van der Waals surface area contributed by atoms with Gasteiger partial charge in [-0.2, -0.15) is 4.31 Å². The number of aromatic nitrogens is 1. The van der Waals surface area contributed by atoms with Gasteiger partial charge in [0.1, 0.15) is 5.60 Å². The minimum absolute atomic E-state index is 0.340. The van der Waals surface area contributed by atoms with Gasteiger partial charge in [0.15, 0.2) is 4.21 Å². The molecule has 9 heteroatoms. The van der Waals surface area contributed by atoms with Crippen LogP contribution in [0, 0.1) is 0 Å². The van der Waals surface area contributed by atoms with Crippen LogP contribution in [-0.4, -0.2) is 80.2 Å². The highest BCUT2D eigenvalue weighted by molar-refractivity contribution is 7.91. The van der Waals surface area contributed by atoms with Crippen LogP contribution in [0.5, 0.6) is 0 Å². The predicted octanol–water partition coefficient (Wildman–Crippen LogP) is 1.27. The first-order chi connectivity index (χ1) is 12.6. The molecule has 1 aliphatic carbocycles. The molecular weight excluding hydrogens is 374 g/mol. The Kier molecular flexibility index (Phi) is 4.37. The minimum Gasteiger partial charge on any atom is -0.381 e. The largest absolute Gasteiger partial charge is 0.381 e. The lowest BCUT2D eigenvalue weighted by Crippen LogP contribution is -2.72. The van der Waals surface area contributed by atoms with Crippen LogP contribution < -0.4 is 0 Å². The van der Waals surface area contributed by atoms with E-state index in [0.29, 0.717) is 35.9 Å². The molecule has 1 spiro atoms. The third-order valence-corrected chi connectivity index (χ3v) is 9.37. The van der Waals surface area contributed by atoms with Crippen LogP contribution >= 0.6 is 11.3 Å². The van der Waals surface area contributed by atoms with Gasteiger partial charge < -0.3 is 9.47 Å². The summed E-state index contributed by atoms with van der Waals surface area (Å²) in [5.41, 5.74) is -0.340. The summed E-state index contributed by atoms with van der Waals surface area (Å²) in [7, 11) is -3.47. The molecule has 1 saturated carbocycles. The number of sulfonamides is 1. The van der Waals surface area contributed by atoms with E-state index in [1.165, 1.54) is 11.3 Å². The molecule has 4 heterocycles. The number of ether oxygens (including phenoxy) is 2. The Labute approximate surface area is 158 Å². The first-order valence-electron chi connectivity index (χ1n) is 9.47. The van der Waals surface area contributed by atoms with Gasteiger partial charge in [-0.3, -0.25) is 4.90 Å². The molecule has 3 saturated heterocycles. The van der Waals surface area contributed by atoms with E-state index in [0.717, 1.165) is 57.0 Å². The summed E-state index contributed by atoms with van der Waals surface area (Å²) < 4.78 is 39.6. The number of hydrogen-bond donors (Lipinski definition) is 0. The lowest BCUT2D eigenvalue weighted by molar-refractivity contribution is -0.187. The SMILES string of the molecule is O=S(=O)(c1cnc(C2CC2)s1)N1CCOC2(CN(C3CCOCC3)C2)C1. The van der Waals surface area contributed by atoms with Crippen molar-refractivity contribution in [2.75, 3.05) is 46.0 Å². The molecule has 26 heavy (non-hydrogen) atoms. The van der Waals surface area contributed by atoms with E-state index in [4.69, 9.17) is 9.47 Å². The lowest BCUT2D eigenvalue weighted by atomic mass is 9.89. The van der Waals surface area contributed by atoms with E-state index in [9.17, 15) is 8.42 Å². The molecule has 144 valence electrons. The summed E-state index contributed by atoms with van der Waals surface area (Å²) in [6, 6.07) is 0.549. The number of likely N-dealkylation sites (tertiary alicyclic amines) is 1. The fraction of sp³-hybridized carbons (Fsp3) is 0.824. The molecule has 0 amide bonds. The van der Waals surface area contributed by atoms with Crippen LogP contribution in [-0.2, 0) is 19.5 Å². The van der Waals surface area contributed by atoms with Gasteiger partial charge >= 0.3 is 0 Å². The maximum atomic E-state index is 13.1. The van der Waals surface area contributed by atoms with E-state index >= 15 is 0 Å². The molecule has 0 aromatic carbocycles. The summed E-state index contributed by atoms with van der Waals surface area (Å²) in [5.74, 6) is 0.486. The van der Waals surface area contributed by atoms with Gasteiger partial charge in [-0.05, 0) is 25.7 Å². The van der Waals surface area contributed by atoms with Crippen molar-refractivity contribution in [2.45, 2.75) is 47.5 Å². The van der Waals surface area contributed by atoms with E-state index < -0.39 is 10.0 Å². The van der Waals surface area contributed by atoms with Crippen LogP contribution in [0.2, 0.25) is 0 Å². The van der Waals surface area contributed by atoms with Gasteiger partial charge in [-0.15, -0.1) is 11.3 Å². The molecule has 0 radical (unpaired) electrons. The summed E-state index contributed by atoms with van der Waals surface area (Å²) in [4.78, 5) is 6.77. The van der Waals surface area contributed by atoms with Gasteiger partial charge in [0.05, 0.1) is 17.8 Å². The third-order valence-electron chi connectivity index (χ3n) is 5.93. The molecule has 5 rings (SSSR count). The molecule has 0 bridgehead atoms. The fourth-order valence-electron chi connectivity index (χ4n) is 4.25. The maximum absolute atomic E-state index is 13.1. The fourth-order valence-corrected chi connectivity index (χ4v) is 7.22. The lowest BCUT2D eigenvalue weighted by Gasteiger charge is -2.56.